The van der Waals surface area contributed by atoms with Gasteiger partial charge in [-0.3, -0.25) is 0 Å². The summed E-state index contributed by atoms with van der Waals surface area (Å²) in [4.78, 5) is 9.06. The summed E-state index contributed by atoms with van der Waals surface area (Å²) >= 11 is 1.31. The zero-order valence-corrected chi connectivity index (χ0v) is 10.0. The van der Waals surface area contributed by atoms with Gasteiger partial charge in [0.2, 0.25) is 0 Å². The van der Waals surface area contributed by atoms with Crippen LogP contribution in [-0.2, 0) is 6.61 Å². The first-order chi connectivity index (χ1) is 8.19. The van der Waals surface area contributed by atoms with E-state index in [4.69, 9.17) is 5.11 Å². The molecule has 0 aliphatic rings. The Morgan fingerprint density at radius 1 is 1.29 bits per heavy atom. The van der Waals surface area contributed by atoms with Crippen molar-refractivity contribution in [3.8, 4) is 0 Å². The maximum Gasteiger partial charge on any atom is 0.192 e. The van der Waals surface area contributed by atoms with Crippen LogP contribution in [0, 0.1) is 12.7 Å². The van der Waals surface area contributed by atoms with Crippen molar-refractivity contribution in [3.63, 3.8) is 0 Å². The van der Waals surface area contributed by atoms with Crippen LogP contribution in [0.2, 0.25) is 0 Å². The highest BCUT2D eigenvalue weighted by atomic mass is 32.2. The second-order valence-electron chi connectivity index (χ2n) is 3.56. The minimum absolute atomic E-state index is 0.202. The van der Waals surface area contributed by atoms with E-state index in [1.807, 2.05) is 6.92 Å². The highest BCUT2D eigenvalue weighted by Gasteiger charge is 2.06. The van der Waals surface area contributed by atoms with Crippen LogP contribution in [0.4, 0.5) is 4.39 Å². The van der Waals surface area contributed by atoms with Crippen LogP contribution in [0.1, 0.15) is 11.1 Å². The number of nitrogens with zero attached hydrogens (tertiary/aromatic N) is 2. The van der Waals surface area contributed by atoms with E-state index >= 15 is 0 Å². The third-order valence-electron chi connectivity index (χ3n) is 2.15. The van der Waals surface area contributed by atoms with E-state index < -0.39 is 0 Å². The van der Waals surface area contributed by atoms with Crippen LogP contribution in [0.3, 0.4) is 0 Å². The van der Waals surface area contributed by atoms with Gasteiger partial charge in [-0.05, 0) is 48.0 Å². The summed E-state index contributed by atoms with van der Waals surface area (Å²) in [6.45, 7) is 1.71. The fourth-order valence-corrected chi connectivity index (χ4v) is 2.10. The average Bonchev–Trinajstić information content (AvgIpc) is 2.34. The molecule has 3 nitrogen and oxygen atoms in total. The Kier molecular flexibility index (Phi) is 3.71. The van der Waals surface area contributed by atoms with E-state index in [9.17, 15) is 4.39 Å². The lowest BCUT2D eigenvalue weighted by molar-refractivity contribution is 0.278. The van der Waals surface area contributed by atoms with Crippen molar-refractivity contribution in [2.75, 3.05) is 0 Å². The van der Waals surface area contributed by atoms with Gasteiger partial charge in [0.1, 0.15) is 5.82 Å². The molecule has 5 heteroatoms. The molecule has 0 bridgehead atoms. The first-order valence-corrected chi connectivity index (χ1v) is 5.86. The van der Waals surface area contributed by atoms with Crippen molar-refractivity contribution < 1.29 is 9.50 Å². The average molecular weight is 250 g/mol. The Morgan fingerprint density at radius 2 is 2.00 bits per heavy atom. The maximum atomic E-state index is 13.0. The maximum absolute atomic E-state index is 13.0. The molecule has 1 aromatic carbocycles. The van der Waals surface area contributed by atoms with Crippen molar-refractivity contribution in [1.29, 1.82) is 0 Å². The molecular weight excluding hydrogens is 239 g/mol. The molecule has 0 amide bonds. The van der Waals surface area contributed by atoms with Crippen molar-refractivity contribution in [2.45, 2.75) is 23.6 Å². The summed E-state index contributed by atoms with van der Waals surface area (Å²) in [7, 11) is 0. The molecule has 17 heavy (non-hydrogen) atoms. The fraction of sp³-hybridized carbons (Fsp3) is 0.167. The molecule has 0 saturated heterocycles. The van der Waals surface area contributed by atoms with Gasteiger partial charge < -0.3 is 5.11 Å². The summed E-state index contributed by atoms with van der Waals surface area (Å²) in [6, 6.07) is 4.29. The van der Waals surface area contributed by atoms with Gasteiger partial charge in [-0.15, -0.1) is 0 Å². The second-order valence-corrected chi connectivity index (χ2v) is 4.56. The summed E-state index contributed by atoms with van der Waals surface area (Å²) in [5.74, 6) is -0.358. The predicted octanol–water partition coefficient (Wildman–Crippen LogP) is 2.57. The molecule has 0 radical (unpaired) electrons. The summed E-state index contributed by atoms with van der Waals surface area (Å²) in [6.07, 6.45) is 3.44. The standard InChI is InChI=1S/C12H11FN2OS/c1-8-5-14-12(15-6-8)17-11-3-2-10(13)4-9(11)7-16/h2-6,16H,7H2,1H3. The lowest BCUT2D eigenvalue weighted by Gasteiger charge is -2.05. The Labute approximate surface area is 103 Å². The normalized spacial score (nSPS) is 10.5. The van der Waals surface area contributed by atoms with Crippen LogP contribution in [0.15, 0.2) is 40.6 Å². The summed E-state index contributed by atoms with van der Waals surface area (Å²) in [5.41, 5.74) is 1.52. The van der Waals surface area contributed by atoms with Gasteiger partial charge in [0, 0.05) is 17.3 Å². The van der Waals surface area contributed by atoms with Crippen molar-refractivity contribution in [3.05, 3.63) is 47.5 Å². The molecular formula is C12H11FN2OS. The Hall–Kier alpha value is -1.46. The van der Waals surface area contributed by atoms with Crippen LogP contribution in [0.5, 0.6) is 0 Å². The third kappa shape index (κ3) is 3.01. The molecule has 88 valence electrons. The molecule has 2 aromatic rings. The largest absolute Gasteiger partial charge is 0.392 e. The minimum atomic E-state index is -0.358. The zero-order valence-electron chi connectivity index (χ0n) is 9.22. The van der Waals surface area contributed by atoms with E-state index in [1.54, 1.807) is 18.5 Å². The van der Waals surface area contributed by atoms with Gasteiger partial charge in [0.25, 0.3) is 0 Å². The van der Waals surface area contributed by atoms with Gasteiger partial charge in [-0.25, -0.2) is 14.4 Å². The van der Waals surface area contributed by atoms with Crippen LogP contribution in [-0.4, -0.2) is 15.1 Å². The van der Waals surface area contributed by atoms with Crippen LogP contribution in [0.25, 0.3) is 0 Å². The van der Waals surface area contributed by atoms with Gasteiger partial charge >= 0.3 is 0 Å². The number of benzene rings is 1. The molecule has 1 N–H and O–H groups in total. The molecule has 1 aromatic heterocycles. The molecule has 1 heterocycles. The lowest BCUT2D eigenvalue weighted by atomic mass is 10.2. The van der Waals surface area contributed by atoms with Crippen molar-refractivity contribution in [1.82, 2.24) is 9.97 Å². The topological polar surface area (TPSA) is 46.0 Å². The molecule has 2 rings (SSSR count). The van der Waals surface area contributed by atoms with Gasteiger partial charge in [-0.1, -0.05) is 0 Å². The number of aromatic nitrogens is 2. The van der Waals surface area contributed by atoms with E-state index in [-0.39, 0.29) is 12.4 Å². The first-order valence-electron chi connectivity index (χ1n) is 5.05. The van der Waals surface area contributed by atoms with Crippen LogP contribution >= 0.6 is 11.8 Å². The SMILES string of the molecule is Cc1cnc(Sc2ccc(F)cc2CO)nc1. The first kappa shape index (κ1) is 12.0. The molecule has 0 spiro atoms. The number of hydrogen-bond acceptors (Lipinski definition) is 4. The number of aliphatic hydroxyl groups excluding tert-OH is 1. The Morgan fingerprint density at radius 3 is 2.65 bits per heavy atom. The van der Waals surface area contributed by atoms with Gasteiger partial charge in [0.15, 0.2) is 5.16 Å². The number of hydrogen-bond donors (Lipinski definition) is 1. The number of rotatable bonds is 3. The van der Waals surface area contributed by atoms with Crippen LogP contribution < -0.4 is 0 Å². The van der Waals surface area contributed by atoms with E-state index in [0.717, 1.165) is 10.5 Å². The highest BCUT2D eigenvalue weighted by molar-refractivity contribution is 7.99. The minimum Gasteiger partial charge on any atom is -0.392 e. The molecule has 0 fully saturated rings. The van der Waals surface area contributed by atoms with E-state index in [0.29, 0.717) is 10.7 Å². The third-order valence-corrected chi connectivity index (χ3v) is 3.16. The smallest absolute Gasteiger partial charge is 0.192 e. The summed E-state index contributed by atoms with van der Waals surface area (Å²) in [5, 5.41) is 9.72. The molecule has 0 aliphatic heterocycles. The van der Waals surface area contributed by atoms with Crippen molar-refractivity contribution >= 4 is 11.8 Å². The number of halogens is 1. The second kappa shape index (κ2) is 5.25. The highest BCUT2D eigenvalue weighted by Crippen LogP contribution is 2.28. The lowest BCUT2D eigenvalue weighted by Crippen LogP contribution is -1.92. The molecule has 0 aliphatic carbocycles. The van der Waals surface area contributed by atoms with E-state index in [1.165, 1.54) is 23.9 Å². The summed E-state index contributed by atoms with van der Waals surface area (Å²) < 4.78 is 13.0. The Bertz CT molecular complexity index is 516. The predicted molar refractivity (Wildman–Crippen MR) is 63.2 cm³/mol. The number of aliphatic hydroxyl groups is 1. The quantitative estimate of drug-likeness (QED) is 0.850. The fourth-order valence-electron chi connectivity index (χ4n) is 1.30. The van der Waals surface area contributed by atoms with E-state index in [2.05, 4.69) is 9.97 Å². The zero-order chi connectivity index (χ0) is 12.3. The van der Waals surface area contributed by atoms with Crippen molar-refractivity contribution in [2.24, 2.45) is 0 Å². The molecule has 0 atom stereocenters. The Balaban J connectivity index is 2.26. The molecule has 0 unspecified atom stereocenters. The van der Waals surface area contributed by atoms with Gasteiger partial charge in [0.05, 0.1) is 6.61 Å². The van der Waals surface area contributed by atoms with Gasteiger partial charge in [-0.2, -0.15) is 0 Å². The molecule has 0 saturated carbocycles. The monoisotopic (exact) mass is 250 g/mol. The number of aryl methyl sites for hydroxylation is 1.